The number of nitrogens with zero attached hydrogens (tertiary/aromatic N) is 1. The van der Waals surface area contributed by atoms with Gasteiger partial charge in [-0.2, -0.15) is 0 Å². The minimum Gasteiger partial charge on any atom is -0.317 e. The molecule has 106 valence electrons. The van der Waals surface area contributed by atoms with E-state index in [-0.39, 0.29) is 0 Å². The van der Waals surface area contributed by atoms with Crippen molar-refractivity contribution in [1.82, 2.24) is 10.2 Å². The summed E-state index contributed by atoms with van der Waals surface area (Å²) in [4.78, 5) is 2.71. The van der Waals surface area contributed by atoms with Gasteiger partial charge >= 0.3 is 0 Å². The smallest absolute Gasteiger partial charge is 0.0118 e. The predicted octanol–water partition coefficient (Wildman–Crippen LogP) is 3.28. The third kappa shape index (κ3) is 3.27. The van der Waals surface area contributed by atoms with E-state index in [0.717, 1.165) is 12.0 Å². The number of rotatable bonds is 4. The van der Waals surface area contributed by atoms with Crippen molar-refractivity contribution in [1.29, 1.82) is 0 Å². The first kappa shape index (κ1) is 14.3. The largest absolute Gasteiger partial charge is 0.317 e. The van der Waals surface area contributed by atoms with Crippen molar-refractivity contribution in [2.75, 3.05) is 26.7 Å². The first-order chi connectivity index (χ1) is 8.67. The molecular weight excluding hydrogens is 220 g/mol. The lowest BCUT2D eigenvalue weighted by Gasteiger charge is -2.44. The van der Waals surface area contributed by atoms with Gasteiger partial charge in [-0.15, -0.1) is 0 Å². The molecule has 2 unspecified atom stereocenters. The molecule has 2 rings (SSSR count). The van der Waals surface area contributed by atoms with Gasteiger partial charge in [0.2, 0.25) is 0 Å². The van der Waals surface area contributed by atoms with Crippen LogP contribution in [0.4, 0.5) is 0 Å². The van der Waals surface area contributed by atoms with Crippen LogP contribution in [0.1, 0.15) is 58.8 Å². The minimum atomic E-state index is 0.594. The van der Waals surface area contributed by atoms with Crippen LogP contribution in [0.3, 0.4) is 0 Å². The van der Waals surface area contributed by atoms with Crippen LogP contribution in [0, 0.1) is 11.3 Å². The van der Waals surface area contributed by atoms with Gasteiger partial charge < -0.3 is 10.2 Å². The summed E-state index contributed by atoms with van der Waals surface area (Å²) in [6.45, 7) is 8.62. The molecule has 1 saturated carbocycles. The maximum Gasteiger partial charge on any atom is 0.0118 e. The van der Waals surface area contributed by atoms with Gasteiger partial charge in [-0.05, 0) is 63.6 Å². The van der Waals surface area contributed by atoms with Crippen molar-refractivity contribution in [3.8, 4) is 0 Å². The third-order valence-corrected chi connectivity index (χ3v) is 5.63. The van der Waals surface area contributed by atoms with Crippen molar-refractivity contribution in [3.63, 3.8) is 0 Å². The zero-order valence-corrected chi connectivity index (χ0v) is 12.7. The van der Waals surface area contributed by atoms with Crippen molar-refractivity contribution in [3.05, 3.63) is 0 Å². The first-order valence-electron chi connectivity index (χ1n) is 8.08. The molecule has 2 aliphatic rings. The van der Waals surface area contributed by atoms with E-state index in [4.69, 9.17) is 0 Å². The number of hydrogen-bond donors (Lipinski definition) is 1. The Kier molecular flexibility index (Phi) is 5.08. The van der Waals surface area contributed by atoms with Gasteiger partial charge in [0.15, 0.2) is 0 Å². The van der Waals surface area contributed by atoms with Crippen molar-refractivity contribution < 1.29 is 0 Å². The molecule has 18 heavy (non-hydrogen) atoms. The van der Waals surface area contributed by atoms with Gasteiger partial charge in [0, 0.05) is 12.6 Å². The molecule has 2 heteroatoms. The highest BCUT2D eigenvalue weighted by Gasteiger charge is 2.34. The first-order valence-corrected chi connectivity index (χ1v) is 8.08. The van der Waals surface area contributed by atoms with Crippen LogP contribution >= 0.6 is 0 Å². The summed E-state index contributed by atoms with van der Waals surface area (Å²) in [7, 11) is 2.38. The molecule has 0 spiro atoms. The lowest BCUT2D eigenvalue weighted by atomic mass is 9.75. The molecule has 0 aromatic carbocycles. The highest BCUT2D eigenvalue weighted by atomic mass is 15.1. The SMILES string of the molecule is CCC1(CN(C)C2CCCCC2C)CCNCC1. The van der Waals surface area contributed by atoms with Crippen molar-refractivity contribution in [2.24, 2.45) is 11.3 Å². The van der Waals surface area contributed by atoms with E-state index >= 15 is 0 Å². The maximum absolute atomic E-state index is 3.52. The Labute approximate surface area is 114 Å². The average Bonchev–Trinajstić information content (AvgIpc) is 2.40. The molecule has 2 nitrogen and oxygen atoms in total. The second kappa shape index (κ2) is 6.38. The Morgan fingerprint density at radius 3 is 2.44 bits per heavy atom. The second-order valence-corrected chi connectivity index (χ2v) is 6.85. The fourth-order valence-electron chi connectivity index (χ4n) is 4.18. The molecule has 1 saturated heterocycles. The molecule has 0 radical (unpaired) electrons. The van der Waals surface area contributed by atoms with Crippen LogP contribution in [0.2, 0.25) is 0 Å². The normalized spacial score (nSPS) is 32.7. The van der Waals surface area contributed by atoms with E-state index in [9.17, 15) is 0 Å². The van der Waals surface area contributed by atoms with E-state index in [1.165, 1.54) is 64.6 Å². The summed E-state index contributed by atoms with van der Waals surface area (Å²) in [6.07, 6.45) is 9.85. The predicted molar refractivity (Wildman–Crippen MR) is 78.9 cm³/mol. The van der Waals surface area contributed by atoms with Gasteiger partial charge in [0.1, 0.15) is 0 Å². The summed E-state index contributed by atoms with van der Waals surface area (Å²) in [5, 5.41) is 3.52. The Balaban J connectivity index is 1.93. The van der Waals surface area contributed by atoms with Crippen molar-refractivity contribution in [2.45, 2.75) is 64.8 Å². The van der Waals surface area contributed by atoms with E-state index in [1.807, 2.05) is 0 Å². The summed E-state index contributed by atoms with van der Waals surface area (Å²) >= 11 is 0. The molecule has 1 heterocycles. The zero-order chi connectivity index (χ0) is 13.0. The average molecular weight is 252 g/mol. The van der Waals surface area contributed by atoms with Crippen molar-refractivity contribution >= 4 is 0 Å². The summed E-state index contributed by atoms with van der Waals surface area (Å²) in [5.74, 6) is 0.902. The van der Waals surface area contributed by atoms with Gasteiger partial charge in [0.05, 0.1) is 0 Å². The van der Waals surface area contributed by atoms with Crippen LogP contribution in [-0.4, -0.2) is 37.6 Å². The summed E-state index contributed by atoms with van der Waals surface area (Å²) in [5.41, 5.74) is 0.594. The van der Waals surface area contributed by atoms with Crippen LogP contribution < -0.4 is 5.32 Å². The second-order valence-electron chi connectivity index (χ2n) is 6.85. The molecule has 1 aliphatic carbocycles. The Hall–Kier alpha value is -0.0800. The monoisotopic (exact) mass is 252 g/mol. The summed E-state index contributed by atoms with van der Waals surface area (Å²) < 4.78 is 0. The van der Waals surface area contributed by atoms with E-state index in [1.54, 1.807) is 0 Å². The van der Waals surface area contributed by atoms with E-state index < -0.39 is 0 Å². The van der Waals surface area contributed by atoms with Crippen LogP contribution in [0.5, 0.6) is 0 Å². The lowest BCUT2D eigenvalue weighted by Crippen LogP contribution is -2.48. The fraction of sp³-hybridized carbons (Fsp3) is 1.00. The topological polar surface area (TPSA) is 15.3 Å². The van der Waals surface area contributed by atoms with E-state index in [0.29, 0.717) is 5.41 Å². The molecule has 0 aromatic heterocycles. The minimum absolute atomic E-state index is 0.594. The molecule has 0 amide bonds. The Morgan fingerprint density at radius 1 is 1.17 bits per heavy atom. The molecule has 0 bridgehead atoms. The number of hydrogen-bond acceptors (Lipinski definition) is 2. The van der Waals surface area contributed by atoms with Gasteiger partial charge in [-0.3, -0.25) is 0 Å². The standard InChI is InChI=1S/C16H32N2/c1-4-16(9-11-17-12-10-16)13-18(3)15-8-6-5-7-14(15)2/h14-15,17H,4-13H2,1-3H3. The highest BCUT2D eigenvalue weighted by Crippen LogP contribution is 2.36. The van der Waals surface area contributed by atoms with Crippen LogP contribution in [0.15, 0.2) is 0 Å². The zero-order valence-electron chi connectivity index (χ0n) is 12.7. The number of nitrogens with one attached hydrogen (secondary N) is 1. The molecule has 0 aromatic rings. The molecular formula is C16H32N2. The van der Waals surface area contributed by atoms with Gasteiger partial charge in [-0.25, -0.2) is 0 Å². The maximum atomic E-state index is 3.52. The molecule has 1 N–H and O–H groups in total. The van der Waals surface area contributed by atoms with Crippen LogP contribution in [0.25, 0.3) is 0 Å². The molecule has 2 atom stereocenters. The van der Waals surface area contributed by atoms with E-state index in [2.05, 4.69) is 31.1 Å². The number of piperidine rings is 1. The lowest BCUT2D eigenvalue weighted by molar-refractivity contribution is 0.0618. The van der Waals surface area contributed by atoms with Gasteiger partial charge in [-0.1, -0.05) is 26.7 Å². The quantitative estimate of drug-likeness (QED) is 0.826. The Bertz CT molecular complexity index is 245. The fourth-order valence-corrected chi connectivity index (χ4v) is 4.18. The highest BCUT2D eigenvalue weighted by molar-refractivity contribution is 4.89. The molecule has 1 aliphatic heterocycles. The Morgan fingerprint density at radius 2 is 1.83 bits per heavy atom. The van der Waals surface area contributed by atoms with Crippen LogP contribution in [-0.2, 0) is 0 Å². The van der Waals surface area contributed by atoms with Gasteiger partial charge in [0.25, 0.3) is 0 Å². The third-order valence-electron chi connectivity index (χ3n) is 5.63. The molecule has 2 fully saturated rings. The summed E-state index contributed by atoms with van der Waals surface area (Å²) in [6, 6.07) is 0.845.